The van der Waals surface area contributed by atoms with E-state index in [4.69, 9.17) is 18.9 Å². The Bertz CT molecular complexity index is 532. The van der Waals surface area contributed by atoms with Crippen LogP contribution in [0.5, 0.6) is 5.88 Å². The monoisotopic (exact) mass is 334 g/mol. The lowest BCUT2D eigenvalue weighted by Gasteiger charge is -2.35. The largest absolute Gasteiger partial charge is 0.472 e. The molecule has 0 bridgehead atoms. The van der Waals surface area contributed by atoms with Gasteiger partial charge in [0.15, 0.2) is 5.79 Å². The number of rotatable bonds is 5. The normalized spacial score (nSPS) is 26.9. The van der Waals surface area contributed by atoms with E-state index < -0.39 is 0 Å². The highest BCUT2D eigenvalue weighted by Gasteiger charge is 2.40. The van der Waals surface area contributed by atoms with Gasteiger partial charge in [0.05, 0.1) is 26.4 Å². The molecule has 24 heavy (non-hydrogen) atoms. The molecule has 0 aromatic carbocycles. The summed E-state index contributed by atoms with van der Waals surface area (Å²) in [6.45, 7) is 3.76. The SMILES string of the molecule is c1cc(CNC2CCC3(CC2)OCCO3)cc(O[C@H]2CCOC2)n1. The molecule has 2 saturated heterocycles. The first kappa shape index (κ1) is 16.3. The molecule has 1 saturated carbocycles. The predicted octanol–water partition coefficient (Wildman–Crippen LogP) is 2.02. The summed E-state index contributed by atoms with van der Waals surface area (Å²) in [5, 5.41) is 3.65. The Labute approximate surface area is 142 Å². The summed E-state index contributed by atoms with van der Waals surface area (Å²) >= 11 is 0. The van der Waals surface area contributed by atoms with E-state index in [0.29, 0.717) is 18.5 Å². The third-order valence-corrected chi connectivity index (χ3v) is 5.13. The van der Waals surface area contributed by atoms with Crippen LogP contribution in [0.2, 0.25) is 0 Å². The molecule has 2 aliphatic heterocycles. The van der Waals surface area contributed by atoms with E-state index in [2.05, 4.69) is 10.3 Å². The average Bonchev–Trinajstić information content (AvgIpc) is 3.28. The van der Waals surface area contributed by atoms with Crippen molar-refractivity contribution in [2.75, 3.05) is 26.4 Å². The summed E-state index contributed by atoms with van der Waals surface area (Å²) in [4.78, 5) is 4.31. The number of hydrogen-bond acceptors (Lipinski definition) is 6. The fourth-order valence-corrected chi connectivity index (χ4v) is 3.71. The lowest BCUT2D eigenvalue weighted by molar-refractivity contribution is -0.179. The van der Waals surface area contributed by atoms with Crippen LogP contribution in [0.3, 0.4) is 0 Å². The molecule has 1 aromatic rings. The number of nitrogens with one attached hydrogen (secondary N) is 1. The molecule has 4 rings (SSSR count). The molecular formula is C18H26N2O4. The first-order valence-electron chi connectivity index (χ1n) is 9.02. The van der Waals surface area contributed by atoms with Gasteiger partial charge in [0.1, 0.15) is 6.10 Å². The summed E-state index contributed by atoms with van der Waals surface area (Å²) in [5.41, 5.74) is 1.20. The number of hydrogen-bond donors (Lipinski definition) is 1. The Kier molecular flexibility index (Phi) is 4.98. The molecular weight excluding hydrogens is 308 g/mol. The molecule has 3 aliphatic rings. The van der Waals surface area contributed by atoms with Crippen molar-refractivity contribution >= 4 is 0 Å². The third-order valence-electron chi connectivity index (χ3n) is 5.13. The van der Waals surface area contributed by atoms with Crippen LogP contribution in [0.25, 0.3) is 0 Å². The maximum Gasteiger partial charge on any atom is 0.213 e. The number of nitrogens with zero attached hydrogens (tertiary/aromatic N) is 1. The number of pyridine rings is 1. The molecule has 1 atom stereocenters. The fourth-order valence-electron chi connectivity index (χ4n) is 3.71. The Morgan fingerprint density at radius 1 is 1.17 bits per heavy atom. The minimum absolute atomic E-state index is 0.140. The van der Waals surface area contributed by atoms with Crippen molar-refractivity contribution in [3.05, 3.63) is 23.9 Å². The van der Waals surface area contributed by atoms with Crippen molar-refractivity contribution in [2.24, 2.45) is 0 Å². The van der Waals surface area contributed by atoms with Crippen molar-refractivity contribution < 1.29 is 18.9 Å². The summed E-state index contributed by atoms with van der Waals surface area (Å²) in [6.07, 6.45) is 7.05. The molecule has 3 fully saturated rings. The summed E-state index contributed by atoms with van der Waals surface area (Å²) in [7, 11) is 0. The minimum Gasteiger partial charge on any atom is -0.472 e. The molecule has 0 unspecified atom stereocenters. The van der Waals surface area contributed by atoms with Gasteiger partial charge in [-0.1, -0.05) is 0 Å². The minimum atomic E-state index is -0.279. The van der Waals surface area contributed by atoms with Crippen LogP contribution in [0, 0.1) is 0 Å². The Morgan fingerprint density at radius 2 is 2.00 bits per heavy atom. The highest BCUT2D eigenvalue weighted by molar-refractivity contribution is 5.20. The topological polar surface area (TPSA) is 61.8 Å². The van der Waals surface area contributed by atoms with Gasteiger partial charge >= 0.3 is 0 Å². The zero-order valence-corrected chi connectivity index (χ0v) is 14.0. The van der Waals surface area contributed by atoms with Gasteiger partial charge in [-0.15, -0.1) is 0 Å². The van der Waals surface area contributed by atoms with E-state index in [0.717, 1.165) is 58.5 Å². The number of ether oxygens (including phenoxy) is 4. The standard InChI is InChI=1S/C18H26N2O4/c1-5-18(22-9-10-23-18)6-2-15(1)20-12-14-3-7-19-17(11-14)24-16-4-8-21-13-16/h3,7,11,15-16,20H,1-2,4-6,8-10,12-13H2/t16-/m0/s1. The first-order chi connectivity index (χ1) is 11.8. The van der Waals surface area contributed by atoms with E-state index in [1.165, 1.54) is 5.56 Å². The van der Waals surface area contributed by atoms with Gasteiger partial charge < -0.3 is 24.3 Å². The van der Waals surface area contributed by atoms with Crippen LogP contribution in [0.4, 0.5) is 0 Å². The van der Waals surface area contributed by atoms with E-state index in [-0.39, 0.29) is 11.9 Å². The average molecular weight is 334 g/mol. The van der Waals surface area contributed by atoms with Crippen molar-refractivity contribution in [3.63, 3.8) is 0 Å². The Morgan fingerprint density at radius 3 is 2.75 bits per heavy atom. The lowest BCUT2D eigenvalue weighted by atomic mass is 9.90. The quantitative estimate of drug-likeness (QED) is 0.889. The van der Waals surface area contributed by atoms with Crippen LogP contribution >= 0.6 is 0 Å². The molecule has 0 amide bonds. The summed E-state index contributed by atoms with van der Waals surface area (Å²) in [6, 6.07) is 4.58. The molecule has 1 spiro atoms. The van der Waals surface area contributed by atoms with Gasteiger partial charge in [-0.05, 0) is 24.5 Å². The molecule has 1 N–H and O–H groups in total. The Hall–Kier alpha value is -1.21. The van der Waals surface area contributed by atoms with Gasteiger partial charge in [-0.2, -0.15) is 0 Å². The van der Waals surface area contributed by atoms with Crippen LogP contribution in [0.15, 0.2) is 18.3 Å². The van der Waals surface area contributed by atoms with Gasteiger partial charge in [-0.25, -0.2) is 4.98 Å². The maximum absolute atomic E-state index is 5.87. The van der Waals surface area contributed by atoms with Gasteiger partial charge in [0, 0.05) is 44.1 Å². The van der Waals surface area contributed by atoms with Gasteiger partial charge in [-0.3, -0.25) is 0 Å². The molecule has 132 valence electrons. The lowest BCUT2D eigenvalue weighted by Crippen LogP contribution is -2.41. The molecule has 0 radical (unpaired) electrons. The summed E-state index contributed by atoms with van der Waals surface area (Å²) in [5.74, 6) is 0.416. The van der Waals surface area contributed by atoms with Crippen LogP contribution < -0.4 is 10.1 Å². The first-order valence-corrected chi connectivity index (χ1v) is 9.02. The van der Waals surface area contributed by atoms with Gasteiger partial charge in [0.25, 0.3) is 0 Å². The van der Waals surface area contributed by atoms with E-state index in [1.807, 2.05) is 18.3 Å². The highest BCUT2D eigenvalue weighted by atomic mass is 16.7. The fraction of sp³-hybridized carbons (Fsp3) is 0.722. The van der Waals surface area contributed by atoms with Crippen LogP contribution in [0.1, 0.15) is 37.7 Å². The second-order valence-electron chi connectivity index (χ2n) is 6.87. The zero-order valence-electron chi connectivity index (χ0n) is 14.0. The Balaban J connectivity index is 1.25. The van der Waals surface area contributed by atoms with E-state index in [1.54, 1.807) is 0 Å². The predicted molar refractivity (Wildman–Crippen MR) is 87.8 cm³/mol. The zero-order chi connectivity index (χ0) is 16.2. The van der Waals surface area contributed by atoms with Crippen molar-refractivity contribution in [2.45, 2.75) is 56.6 Å². The van der Waals surface area contributed by atoms with Crippen molar-refractivity contribution in [1.29, 1.82) is 0 Å². The third kappa shape index (κ3) is 3.88. The smallest absolute Gasteiger partial charge is 0.213 e. The molecule has 1 aliphatic carbocycles. The molecule has 6 nitrogen and oxygen atoms in total. The van der Waals surface area contributed by atoms with Crippen molar-refractivity contribution in [3.8, 4) is 5.88 Å². The van der Waals surface area contributed by atoms with Crippen LogP contribution in [-0.4, -0.2) is 49.3 Å². The molecule has 3 heterocycles. The van der Waals surface area contributed by atoms with Gasteiger partial charge in [0.2, 0.25) is 5.88 Å². The maximum atomic E-state index is 5.87. The van der Waals surface area contributed by atoms with E-state index >= 15 is 0 Å². The number of aromatic nitrogens is 1. The van der Waals surface area contributed by atoms with E-state index in [9.17, 15) is 0 Å². The highest BCUT2D eigenvalue weighted by Crippen LogP contribution is 2.35. The van der Waals surface area contributed by atoms with Crippen LogP contribution in [-0.2, 0) is 20.8 Å². The second kappa shape index (κ2) is 7.35. The summed E-state index contributed by atoms with van der Waals surface area (Å²) < 4.78 is 22.8. The molecule has 1 aromatic heterocycles. The molecule has 6 heteroatoms. The second-order valence-corrected chi connectivity index (χ2v) is 6.87. The van der Waals surface area contributed by atoms with Crippen molar-refractivity contribution in [1.82, 2.24) is 10.3 Å².